The average Bonchev–Trinajstić information content (AvgIpc) is 2.90. The molecule has 5 heteroatoms. The average molecular weight is 297 g/mol. The third-order valence-corrected chi connectivity index (χ3v) is 3.66. The van der Waals surface area contributed by atoms with Crippen molar-refractivity contribution < 1.29 is 9.47 Å². The Hall–Kier alpha value is -1.07. The Kier molecular flexibility index (Phi) is 7.75. The summed E-state index contributed by atoms with van der Waals surface area (Å²) >= 11 is 0. The molecule has 2 atom stereocenters. The zero-order chi connectivity index (χ0) is 15.8. The minimum absolute atomic E-state index is 0.0924. The van der Waals surface area contributed by atoms with Crippen LogP contribution in [0, 0.1) is 0 Å². The zero-order valence-corrected chi connectivity index (χ0v) is 14.3. The summed E-state index contributed by atoms with van der Waals surface area (Å²) in [5.41, 5.74) is 1.08. The van der Waals surface area contributed by atoms with E-state index in [1.165, 1.54) is 0 Å². The molecule has 0 saturated carbocycles. The van der Waals surface area contributed by atoms with Crippen LogP contribution in [-0.2, 0) is 4.74 Å². The number of hydrogen-bond acceptors (Lipinski definition) is 4. The van der Waals surface area contributed by atoms with E-state index in [1.54, 1.807) is 20.4 Å². The van der Waals surface area contributed by atoms with Gasteiger partial charge < -0.3 is 14.8 Å². The molecule has 0 spiro atoms. The van der Waals surface area contributed by atoms with Gasteiger partial charge in [-0.1, -0.05) is 20.3 Å². The Bertz CT molecular complexity index is 404. The lowest BCUT2D eigenvalue weighted by molar-refractivity contribution is 0.0565. The van der Waals surface area contributed by atoms with Gasteiger partial charge in [-0.3, -0.25) is 4.68 Å². The normalized spacial score (nSPS) is 14.4. The highest BCUT2D eigenvalue weighted by Crippen LogP contribution is 2.32. The van der Waals surface area contributed by atoms with Crippen molar-refractivity contribution >= 4 is 0 Å². The van der Waals surface area contributed by atoms with Crippen LogP contribution < -0.4 is 10.1 Å². The van der Waals surface area contributed by atoms with Gasteiger partial charge in [0, 0.05) is 13.2 Å². The van der Waals surface area contributed by atoms with Crippen LogP contribution in [0.25, 0.3) is 0 Å². The minimum Gasteiger partial charge on any atom is -0.493 e. The predicted molar refractivity (Wildman–Crippen MR) is 85.9 cm³/mol. The fourth-order valence-corrected chi connectivity index (χ4v) is 2.63. The molecule has 0 aliphatic carbocycles. The summed E-state index contributed by atoms with van der Waals surface area (Å²) in [6.07, 6.45) is 5.08. The molecule has 1 rings (SSSR count). The van der Waals surface area contributed by atoms with E-state index in [-0.39, 0.29) is 18.2 Å². The van der Waals surface area contributed by atoms with Crippen LogP contribution in [0.3, 0.4) is 0 Å². The lowest BCUT2D eigenvalue weighted by Crippen LogP contribution is -2.36. The molecule has 1 aromatic heterocycles. The highest BCUT2D eigenvalue weighted by Gasteiger charge is 2.29. The number of rotatable bonds is 10. The van der Waals surface area contributed by atoms with Gasteiger partial charge in [-0.2, -0.15) is 5.10 Å². The third kappa shape index (κ3) is 4.45. The first-order valence-corrected chi connectivity index (χ1v) is 7.98. The topological polar surface area (TPSA) is 48.3 Å². The second kappa shape index (κ2) is 9.05. The van der Waals surface area contributed by atoms with Crippen molar-refractivity contribution in [2.24, 2.45) is 0 Å². The Balaban J connectivity index is 3.19. The SMILES string of the molecule is CCCNC(c1c(OC)cnn1C(C)C)C(CCC)OC. The molecular weight excluding hydrogens is 266 g/mol. The van der Waals surface area contributed by atoms with Gasteiger partial charge in [-0.05, 0) is 33.2 Å². The molecule has 0 fully saturated rings. The minimum atomic E-state index is 0.0924. The van der Waals surface area contributed by atoms with Gasteiger partial charge in [0.15, 0.2) is 5.75 Å². The quantitative estimate of drug-likeness (QED) is 0.719. The maximum absolute atomic E-state index is 5.75. The van der Waals surface area contributed by atoms with E-state index in [0.717, 1.165) is 37.3 Å². The largest absolute Gasteiger partial charge is 0.493 e. The second-order valence-electron chi connectivity index (χ2n) is 5.63. The molecule has 1 aromatic rings. The van der Waals surface area contributed by atoms with Gasteiger partial charge in [-0.25, -0.2) is 0 Å². The summed E-state index contributed by atoms with van der Waals surface area (Å²) in [5, 5.41) is 8.10. The van der Waals surface area contributed by atoms with Crippen LogP contribution in [0.2, 0.25) is 0 Å². The van der Waals surface area contributed by atoms with Crippen molar-refractivity contribution in [3.8, 4) is 5.75 Å². The van der Waals surface area contributed by atoms with Gasteiger partial charge in [0.2, 0.25) is 0 Å². The van der Waals surface area contributed by atoms with E-state index in [1.807, 2.05) is 4.68 Å². The number of nitrogens with zero attached hydrogens (tertiary/aromatic N) is 2. The lowest BCUT2D eigenvalue weighted by atomic mass is 10.0. The standard InChI is InChI=1S/C16H31N3O2/c1-7-9-13(20-5)15(17-10-8-2)16-14(21-6)11-18-19(16)12(3)4/h11-13,15,17H,7-10H2,1-6H3. The highest BCUT2D eigenvalue weighted by atomic mass is 16.5. The van der Waals surface area contributed by atoms with Crippen LogP contribution in [0.4, 0.5) is 0 Å². The van der Waals surface area contributed by atoms with E-state index >= 15 is 0 Å². The Labute approximate surface area is 129 Å². The number of aromatic nitrogens is 2. The molecule has 0 radical (unpaired) electrons. The summed E-state index contributed by atoms with van der Waals surface area (Å²) in [7, 11) is 3.48. The zero-order valence-electron chi connectivity index (χ0n) is 14.3. The maximum Gasteiger partial charge on any atom is 0.161 e. The van der Waals surface area contributed by atoms with Crippen molar-refractivity contribution in [1.29, 1.82) is 0 Å². The highest BCUT2D eigenvalue weighted by molar-refractivity contribution is 5.29. The van der Waals surface area contributed by atoms with E-state index in [4.69, 9.17) is 9.47 Å². The molecule has 1 N–H and O–H groups in total. The van der Waals surface area contributed by atoms with Crippen LogP contribution in [0.15, 0.2) is 6.20 Å². The molecule has 0 aliphatic rings. The molecule has 0 saturated heterocycles. The summed E-state index contributed by atoms with van der Waals surface area (Å²) in [6.45, 7) is 9.56. The lowest BCUT2D eigenvalue weighted by Gasteiger charge is -2.29. The van der Waals surface area contributed by atoms with Crippen molar-refractivity contribution in [3.63, 3.8) is 0 Å². The molecule has 2 unspecified atom stereocenters. The summed E-state index contributed by atoms with van der Waals surface area (Å²) in [4.78, 5) is 0. The fraction of sp³-hybridized carbons (Fsp3) is 0.812. The van der Waals surface area contributed by atoms with Crippen LogP contribution in [-0.4, -0.2) is 36.6 Å². The van der Waals surface area contributed by atoms with Crippen LogP contribution in [0.5, 0.6) is 5.75 Å². The van der Waals surface area contributed by atoms with E-state index in [2.05, 4.69) is 38.1 Å². The van der Waals surface area contributed by atoms with Crippen LogP contribution in [0.1, 0.15) is 64.7 Å². The first-order chi connectivity index (χ1) is 10.1. The number of nitrogens with one attached hydrogen (secondary N) is 1. The number of ether oxygens (including phenoxy) is 2. The molecule has 5 nitrogen and oxygen atoms in total. The molecule has 21 heavy (non-hydrogen) atoms. The van der Waals surface area contributed by atoms with Crippen molar-refractivity contribution in [2.75, 3.05) is 20.8 Å². The van der Waals surface area contributed by atoms with Crippen molar-refractivity contribution in [3.05, 3.63) is 11.9 Å². The maximum atomic E-state index is 5.75. The summed E-state index contributed by atoms with van der Waals surface area (Å²) < 4.78 is 13.3. The van der Waals surface area contributed by atoms with Gasteiger partial charge in [-0.15, -0.1) is 0 Å². The first-order valence-electron chi connectivity index (χ1n) is 7.98. The van der Waals surface area contributed by atoms with Crippen LogP contribution >= 0.6 is 0 Å². The Morgan fingerprint density at radius 2 is 1.95 bits per heavy atom. The third-order valence-electron chi connectivity index (χ3n) is 3.66. The molecule has 122 valence electrons. The monoisotopic (exact) mass is 297 g/mol. The van der Waals surface area contributed by atoms with Gasteiger partial charge in [0.05, 0.1) is 25.5 Å². The van der Waals surface area contributed by atoms with E-state index < -0.39 is 0 Å². The Morgan fingerprint density at radius 1 is 1.24 bits per heavy atom. The van der Waals surface area contributed by atoms with Crippen molar-refractivity contribution in [1.82, 2.24) is 15.1 Å². The number of methoxy groups -OCH3 is 2. The van der Waals surface area contributed by atoms with Crippen molar-refractivity contribution in [2.45, 2.75) is 65.1 Å². The fourth-order valence-electron chi connectivity index (χ4n) is 2.63. The first kappa shape index (κ1) is 18.0. The van der Waals surface area contributed by atoms with E-state index in [0.29, 0.717) is 0 Å². The smallest absolute Gasteiger partial charge is 0.161 e. The Morgan fingerprint density at radius 3 is 2.43 bits per heavy atom. The second-order valence-corrected chi connectivity index (χ2v) is 5.63. The molecule has 0 amide bonds. The number of hydrogen-bond donors (Lipinski definition) is 1. The predicted octanol–water partition coefficient (Wildman–Crippen LogP) is 3.33. The summed E-state index contributed by atoms with van der Waals surface area (Å²) in [6, 6.07) is 0.378. The molecule has 0 aromatic carbocycles. The van der Waals surface area contributed by atoms with Gasteiger partial charge in [0.1, 0.15) is 5.69 Å². The summed E-state index contributed by atoms with van der Waals surface area (Å²) in [5.74, 6) is 0.829. The van der Waals surface area contributed by atoms with E-state index in [9.17, 15) is 0 Å². The molecule has 0 bridgehead atoms. The molecular formula is C16H31N3O2. The van der Waals surface area contributed by atoms with Gasteiger partial charge in [0.25, 0.3) is 0 Å². The molecule has 0 aliphatic heterocycles. The van der Waals surface area contributed by atoms with Gasteiger partial charge >= 0.3 is 0 Å². The molecule has 1 heterocycles.